The van der Waals surface area contributed by atoms with Crippen molar-refractivity contribution in [1.82, 2.24) is 0 Å². The van der Waals surface area contributed by atoms with Crippen molar-refractivity contribution in [3.05, 3.63) is 53.6 Å². The highest BCUT2D eigenvalue weighted by atomic mass is 16.7. The zero-order chi connectivity index (χ0) is 13.9. The fraction of sp³-hybridized carbons (Fsp3) is 0.133. The number of hydrogen-bond donors (Lipinski definition) is 2. The molecule has 0 amide bonds. The second kappa shape index (κ2) is 5.13. The van der Waals surface area contributed by atoms with E-state index in [9.17, 15) is 0 Å². The molecule has 0 aromatic heterocycles. The highest BCUT2D eigenvalue weighted by Gasteiger charge is 2.13. The first kappa shape index (κ1) is 12.3. The molecule has 1 aliphatic rings. The van der Waals surface area contributed by atoms with Crippen LogP contribution >= 0.6 is 0 Å². The highest BCUT2D eigenvalue weighted by Crippen LogP contribution is 2.35. The van der Waals surface area contributed by atoms with Crippen molar-refractivity contribution in [3.63, 3.8) is 0 Å². The molecule has 0 unspecified atom stereocenters. The van der Waals surface area contributed by atoms with Crippen LogP contribution in [0.4, 0.5) is 0 Å². The Morgan fingerprint density at radius 3 is 2.85 bits per heavy atom. The lowest BCUT2D eigenvalue weighted by Gasteiger charge is -2.08. The minimum atomic E-state index is 0.0509. The van der Waals surface area contributed by atoms with Crippen LogP contribution in [0.15, 0.2) is 42.5 Å². The number of benzene rings is 2. The van der Waals surface area contributed by atoms with Gasteiger partial charge in [0.1, 0.15) is 18.2 Å². The third-order valence-corrected chi connectivity index (χ3v) is 2.99. The van der Waals surface area contributed by atoms with Gasteiger partial charge in [0.05, 0.1) is 0 Å². The number of nitrogens with two attached hydrogens (primary N) is 1. The van der Waals surface area contributed by atoms with Gasteiger partial charge in [-0.3, -0.25) is 5.41 Å². The molecule has 0 fully saturated rings. The SMILES string of the molecule is N=C(N)c1cccc(COc2ccc3c(c2)OCO3)c1. The minimum absolute atomic E-state index is 0.0509. The maximum absolute atomic E-state index is 7.42. The van der Waals surface area contributed by atoms with E-state index < -0.39 is 0 Å². The average Bonchev–Trinajstić information content (AvgIpc) is 2.93. The summed E-state index contributed by atoms with van der Waals surface area (Å²) in [5.74, 6) is 2.19. The number of nitrogens with one attached hydrogen (secondary N) is 1. The van der Waals surface area contributed by atoms with E-state index >= 15 is 0 Å². The summed E-state index contributed by atoms with van der Waals surface area (Å²) in [7, 11) is 0. The summed E-state index contributed by atoms with van der Waals surface area (Å²) in [5.41, 5.74) is 7.11. The largest absolute Gasteiger partial charge is 0.489 e. The van der Waals surface area contributed by atoms with Gasteiger partial charge in [-0.25, -0.2) is 0 Å². The second-order valence-corrected chi connectivity index (χ2v) is 4.42. The molecular weight excluding hydrogens is 256 g/mol. The molecule has 3 rings (SSSR count). The molecule has 20 heavy (non-hydrogen) atoms. The van der Waals surface area contributed by atoms with Gasteiger partial charge in [0.25, 0.3) is 0 Å². The Morgan fingerprint density at radius 2 is 2.00 bits per heavy atom. The Labute approximate surface area is 116 Å². The van der Waals surface area contributed by atoms with Crippen molar-refractivity contribution in [2.75, 3.05) is 6.79 Å². The molecule has 3 N–H and O–H groups in total. The summed E-state index contributed by atoms with van der Waals surface area (Å²) in [4.78, 5) is 0. The van der Waals surface area contributed by atoms with Crippen LogP contribution in [0.1, 0.15) is 11.1 Å². The lowest BCUT2D eigenvalue weighted by atomic mass is 10.1. The maximum Gasteiger partial charge on any atom is 0.231 e. The van der Waals surface area contributed by atoms with Crippen LogP contribution in [0, 0.1) is 5.41 Å². The van der Waals surface area contributed by atoms with Crippen LogP contribution in [0.25, 0.3) is 0 Å². The molecule has 2 aromatic carbocycles. The predicted octanol–water partition coefficient (Wildman–Crippen LogP) is 2.28. The molecule has 0 aliphatic carbocycles. The molecule has 0 atom stereocenters. The molecular formula is C15H14N2O3. The second-order valence-electron chi connectivity index (χ2n) is 4.42. The molecule has 102 valence electrons. The van der Waals surface area contributed by atoms with E-state index in [2.05, 4.69) is 0 Å². The topological polar surface area (TPSA) is 77.6 Å². The third-order valence-electron chi connectivity index (χ3n) is 2.99. The monoisotopic (exact) mass is 270 g/mol. The molecule has 1 heterocycles. The quantitative estimate of drug-likeness (QED) is 0.660. The molecule has 1 aliphatic heterocycles. The summed E-state index contributed by atoms with van der Waals surface area (Å²) in [6, 6.07) is 12.9. The zero-order valence-electron chi connectivity index (χ0n) is 10.8. The van der Waals surface area contributed by atoms with Crippen molar-refractivity contribution in [1.29, 1.82) is 5.41 Å². The van der Waals surface area contributed by atoms with Gasteiger partial charge in [-0.05, 0) is 23.8 Å². The van der Waals surface area contributed by atoms with Crippen molar-refractivity contribution < 1.29 is 14.2 Å². The fourth-order valence-corrected chi connectivity index (χ4v) is 1.96. The average molecular weight is 270 g/mol. The van der Waals surface area contributed by atoms with Crippen molar-refractivity contribution >= 4 is 5.84 Å². The Morgan fingerprint density at radius 1 is 1.15 bits per heavy atom. The van der Waals surface area contributed by atoms with Gasteiger partial charge in [-0.1, -0.05) is 18.2 Å². The van der Waals surface area contributed by atoms with Crippen LogP contribution < -0.4 is 19.9 Å². The Kier molecular flexibility index (Phi) is 3.16. The van der Waals surface area contributed by atoms with E-state index in [1.807, 2.05) is 30.3 Å². The van der Waals surface area contributed by atoms with Gasteiger partial charge in [0, 0.05) is 11.6 Å². The summed E-state index contributed by atoms with van der Waals surface area (Å²) in [5, 5.41) is 7.42. The Balaban J connectivity index is 1.70. The van der Waals surface area contributed by atoms with E-state index in [4.69, 9.17) is 25.4 Å². The lowest BCUT2D eigenvalue weighted by Crippen LogP contribution is -2.11. The summed E-state index contributed by atoms with van der Waals surface area (Å²) >= 11 is 0. The van der Waals surface area contributed by atoms with Crippen LogP contribution in [0.2, 0.25) is 0 Å². The summed E-state index contributed by atoms with van der Waals surface area (Å²) in [6.45, 7) is 0.653. The van der Waals surface area contributed by atoms with Crippen molar-refractivity contribution in [2.45, 2.75) is 6.61 Å². The van der Waals surface area contributed by atoms with Crippen LogP contribution in [0.3, 0.4) is 0 Å². The van der Waals surface area contributed by atoms with E-state index in [0.29, 0.717) is 23.7 Å². The first-order valence-electron chi connectivity index (χ1n) is 6.18. The molecule has 0 bridgehead atoms. The summed E-state index contributed by atoms with van der Waals surface area (Å²) in [6.07, 6.45) is 0. The summed E-state index contributed by atoms with van der Waals surface area (Å²) < 4.78 is 16.2. The van der Waals surface area contributed by atoms with E-state index in [1.165, 1.54) is 0 Å². The van der Waals surface area contributed by atoms with E-state index in [1.54, 1.807) is 12.1 Å². The number of fused-ring (bicyclic) bond motifs is 1. The van der Waals surface area contributed by atoms with Crippen LogP contribution in [0.5, 0.6) is 17.2 Å². The van der Waals surface area contributed by atoms with Crippen LogP contribution in [-0.4, -0.2) is 12.6 Å². The normalized spacial score (nSPS) is 12.2. The number of amidine groups is 1. The van der Waals surface area contributed by atoms with Gasteiger partial charge in [0.15, 0.2) is 11.5 Å². The molecule has 0 saturated carbocycles. The fourth-order valence-electron chi connectivity index (χ4n) is 1.96. The highest BCUT2D eigenvalue weighted by molar-refractivity contribution is 5.95. The predicted molar refractivity (Wildman–Crippen MR) is 74.4 cm³/mol. The minimum Gasteiger partial charge on any atom is -0.489 e. The molecule has 2 aromatic rings. The number of ether oxygens (including phenoxy) is 3. The molecule has 0 saturated heterocycles. The number of rotatable bonds is 4. The Hall–Kier alpha value is -2.69. The Bertz CT molecular complexity index is 655. The first-order chi connectivity index (χ1) is 9.72. The number of hydrogen-bond acceptors (Lipinski definition) is 4. The lowest BCUT2D eigenvalue weighted by molar-refractivity contribution is 0.173. The van der Waals surface area contributed by atoms with E-state index in [0.717, 1.165) is 11.3 Å². The van der Waals surface area contributed by atoms with Crippen molar-refractivity contribution in [2.24, 2.45) is 5.73 Å². The molecule has 5 heteroatoms. The van der Waals surface area contributed by atoms with E-state index in [-0.39, 0.29) is 12.6 Å². The molecule has 5 nitrogen and oxygen atoms in total. The van der Waals surface area contributed by atoms with Crippen molar-refractivity contribution in [3.8, 4) is 17.2 Å². The van der Waals surface area contributed by atoms with Gasteiger partial charge < -0.3 is 19.9 Å². The third kappa shape index (κ3) is 2.51. The molecule has 0 radical (unpaired) electrons. The number of nitrogen functional groups attached to an aromatic ring is 1. The van der Waals surface area contributed by atoms with Gasteiger partial charge in [0.2, 0.25) is 6.79 Å². The maximum atomic E-state index is 7.42. The van der Waals surface area contributed by atoms with Crippen LogP contribution in [-0.2, 0) is 6.61 Å². The smallest absolute Gasteiger partial charge is 0.231 e. The van der Waals surface area contributed by atoms with Gasteiger partial charge >= 0.3 is 0 Å². The zero-order valence-corrected chi connectivity index (χ0v) is 10.8. The molecule has 0 spiro atoms. The van der Waals surface area contributed by atoms with Gasteiger partial charge in [-0.15, -0.1) is 0 Å². The first-order valence-corrected chi connectivity index (χ1v) is 6.18. The standard InChI is InChI=1S/C15H14N2O3/c16-15(17)11-3-1-2-10(6-11)8-18-12-4-5-13-14(7-12)20-9-19-13/h1-7H,8-9H2,(H3,16,17). The van der Waals surface area contributed by atoms with Gasteiger partial charge in [-0.2, -0.15) is 0 Å².